The largest absolute Gasteiger partial charge is 0.367 e. The molecule has 0 radical (unpaired) electrons. The Morgan fingerprint density at radius 3 is 2.50 bits per heavy atom. The van der Waals surface area contributed by atoms with Crippen molar-refractivity contribution in [3.8, 4) is 0 Å². The molecule has 0 bridgehead atoms. The number of hydrogen-bond acceptors (Lipinski definition) is 2. The molecule has 1 aliphatic rings. The van der Waals surface area contributed by atoms with E-state index in [1.54, 1.807) is 24.3 Å². The first-order valence-electron chi connectivity index (χ1n) is 7.94. The van der Waals surface area contributed by atoms with Crippen LogP contribution in [0.25, 0.3) is 0 Å². The standard InChI is InChI=1S/C19H19ClFNO2/c1-13-11-22(19(23)10-14-2-6-16(20)7-3-14)12-18(24-13)15-4-8-17(21)9-5-15/h2-9,13,18H,10-12H2,1H3. The van der Waals surface area contributed by atoms with Crippen molar-refractivity contribution in [3.63, 3.8) is 0 Å². The SMILES string of the molecule is CC1CN(C(=O)Cc2ccc(Cl)cc2)CC(c2ccc(F)cc2)O1. The zero-order valence-electron chi connectivity index (χ0n) is 13.4. The maximum Gasteiger partial charge on any atom is 0.227 e. The fourth-order valence-corrected chi connectivity index (χ4v) is 3.03. The molecule has 126 valence electrons. The van der Waals surface area contributed by atoms with Gasteiger partial charge in [0.2, 0.25) is 5.91 Å². The van der Waals surface area contributed by atoms with Crippen molar-refractivity contribution in [1.29, 1.82) is 0 Å². The van der Waals surface area contributed by atoms with Crippen LogP contribution in [0.3, 0.4) is 0 Å². The molecule has 3 nitrogen and oxygen atoms in total. The van der Waals surface area contributed by atoms with Gasteiger partial charge >= 0.3 is 0 Å². The van der Waals surface area contributed by atoms with Gasteiger partial charge in [-0.05, 0) is 42.3 Å². The highest BCUT2D eigenvalue weighted by Gasteiger charge is 2.29. The molecule has 1 heterocycles. The van der Waals surface area contributed by atoms with Crippen LogP contribution in [0, 0.1) is 5.82 Å². The lowest BCUT2D eigenvalue weighted by Gasteiger charge is -2.37. The van der Waals surface area contributed by atoms with E-state index in [0.717, 1.165) is 11.1 Å². The molecule has 0 saturated carbocycles. The number of halogens is 2. The van der Waals surface area contributed by atoms with Gasteiger partial charge in [-0.2, -0.15) is 0 Å². The van der Waals surface area contributed by atoms with Crippen molar-refractivity contribution in [2.24, 2.45) is 0 Å². The number of ether oxygens (including phenoxy) is 1. The highest BCUT2D eigenvalue weighted by atomic mass is 35.5. The Labute approximate surface area is 146 Å². The van der Waals surface area contributed by atoms with E-state index in [-0.39, 0.29) is 23.9 Å². The lowest BCUT2D eigenvalue weighted by molar-refractivity contribution is -0.144. The molecule has 5 heteroatoms. The zero-order chi connectivity index (χ0) is 17.1. The summed E-state index contributed by atoms with van der Waals surface area (Å²) in [6.45, 7) is 2.98. The van der Waals surface area contributed by atoms with E-state index >= 15 is 0 Å². The van der Waals surface area contributed by atoms with E-state index in [1.807, 2.05) is 24.0 Å². The maximum absolute atomic E-state index is 13.1. The summed E-state index contributed by atoms with van der Waals surface area (Å²) in [6.07, 6.45) is 0.0338. The van der Waals surface area contributed by atoms with E-state index < -0.39 is 0 Å². The molecular weight excluding hydrogens is 329 g/mol. The van der Waals surface area contributed by atoms with Crippen LogP contribution >= 0.6 is 11.6 Å². The number of rotatable bonds is 3. The molecule has 24 heavy (non-hydrogen) atoms. The minimum Gasteiger partial charge on any atom is -0.367 e. The molecule has 1 fully saturated rings. The molecule has 2 aromatic rings. The van der Waals surface area contributed by atoms with Gasteiger partial charge in [-0.25, -0.2) is 4.39 Å². The summed E-state index contributed by atoms with van der Waals surface area (Å²) in [4.78, 5) is 14.4. The molecule has 0 aromatic heterocycles. The quantitative estimate of drug-likeness (QED) is 0.839. The van der Waals surface area contributed by atoms with Gasteiger partial charge in [0.15, 0.2) is 0 Å². The summed E-state index contributed by atoms with van der Waals surface area (Å²) in [5, 5.41) is 0.655. The van der Waals surface area contributed by atoms with Crippen molar-refractivity contribution in [2.45, 2.75) is 25.6 Å². The second-order valence-corrected chi connectivity index (χ2v) is 6.53. The van der Waals surface area contributed by atoms with Crippen LogP contribution in [-0.4, -0.2) is 30.0 Å². The summed E-state index contributed by atoms with van der Waals surface area (Å²) in [5.41, 5.74) is 1.81. The molecule has 2 aromatic carbocycles. The third-order valence-corrected chi connectivity index (χ3v) is 4.38. The minimum absolute atomic E-state index is 0.0552. The second-order valence-electron chi connectivity index (χ2n) is 6.09. The first-order valence-corrected chi connectivity index (χ1v) is 8.32. The second kappa shape index (κ2) is 7.32. The van der Waals surface area contributed by atoms with Gasteiger partial charge in [0, 0.05) is 11.6 Å². The molecule has 3 rings (SSSR count). The number of benzene rings is 2. The fraction of sp³-hybridized carbons (Fsp3) is 0.316. The van der Waals surface area contributed by atoms with Crippen LogP contribution in [0.15, 0.2) is 48.5 Å². The van der Waals surface area contributed by atoms with E-state index in [4.69, 9.17) is 16.3 Å². The molecule has 0 aliphatic carbocycles. The van der Waals surface area contributed by atoms with E-state index in [2.05, 4.69) is 0 Å². The number of carbonyl (C=O) groups is 1. The average molecular weight is 348 g/mol. The predicted octanol–water partition coefficient (Wildman–Crippen LogP) is 4.01. The van der Waals surface area contributed by atoms with Crippen LogP contribution in [-0.2, 0) is 16.0 Å². The maximum atomic E-state index is 13.1. The van der Waals surface area contributed by atoms with E-state index in [9.17, 15) is 9.18 Å². The van der Waals surface area contributed by atoms with Crippen molar-refractivity contribution >= 4 is 17.5 Å². The van der Waals surface area contributed by atoms with Crippen molar-refractivity contribution < 1.29 is 13.9 Å². The Balaban J connectivity index is 1.69. The highest BCUT2D eigenvalue weighted by molar-refractivity contribution is 6.30. The van der Waals surface area contributed by atoms with Crippen LogP contribution in [0.1, 0.15) is 24.2 Å². The summed E-state index contributed by atoms with van der Waals surface area (Å²) >= 11 is 5.88. The molecule has 0 N–H and O–H groups in total. The molecule has 1 saturated heterocycles. The predicted molar refractivity (Wildman–Crippen MR) is 91.4 cm³/mol. The Morgan fingerprint density at radius 2 is 1.83 bits per heavy atom. The van der Waals surface area contributed by atoms with Crippen LogP contribution in [0.2, 0.25) is 5.02 Å². The Kier molecular flexibility index (Phi) is 5.17. The van der Waals surface area contributed by atoms with Gasteiger partial charge in [0.25, 0.3) is 0 Å². The normalized spacial score (nSPS) is 20.9. The summed E-state index contributed by atoms with van der Waals surface area (Å²) in [6, 6.07) is 13.5. The Morgan fingerprint density at radius 1 is 1.17 bits per heavy atom. The van der Waals surface area contributed by atoms with Crippen molar-refractivity contribution in [2.75, 3.05) is 13.1 Å². The van der Waals surface area contributed by atoms with Crippen LogP contribution in [0.4, 0.5) is 4.39 Å². The van der Waals surface area contributed by atoms with Crippen molar-refractivity contribution in [3.05, 3.63) is 70.5 Å². The van der Waals surface area contributed by atoms with E-state index in [1.165, 1.54) is 12.1 Å². The summed E-state index contributed by atoms with van der Waals surface area (Å²) in [5.74, 6) is -0.224. The summed E-state index contributed by atoms with van der Waals surface area (Å²) in [7, 11) is 0. The first-order chi connectivity index (χ1) is 11.5. The number of nitrogens with zero attached hydrogens (tertiary/aromatic N) is 1. The fourth-order valence-electron chi connectivity index (χ4n) is 2.91. The first kappa shape index (κ1) is 16.9. The lowest BCUT2D eigenvalue weighted by Crippen LogP contribution is -2.46. The van der Waals surface area contributed by atoms with Gasteiger partial charge < -0.3 is 9.64 Å². The molecule has 1 aliphatic heterocycles. The highest BCUT2D eigenvalue weighted by Crippen LogP contribution is 2.26. The summed E-state index contributed by atoms with van der Waals surface area (Å²) < 4.78 is 19.0. The Hall–Kier alpha value is -1.91. The monoisotopic (exact) mass is 347 g/mol. The van der Waals surface area contributed by atoms with Crippen LogP contribution in [0.5, 0.6) is 0 Å². The number of hydrogen-bond donors (Lipinski definition) is 0. The molecule has 0 spiro atoms. The topological polar surface area (TPSA) is 29.5 Å². The lowest BCUT2D eigenvalue weighted by atomic mass is 10.1. The smallest absolute Gasteiger partial charge is 0.227 e. The number of amides is 1. The van der Waals surface area contributed by atoms with Gasteiger partial charge in [-0.15, -0.1) is 0 Å². The number of carbonyl (C=O) groups excluding carboxylic acids is 1. The van der Waals surface area contributed by atoms with Gasteiger partial charge in [0.05, 0.1) is 19.1 Å². The van der Waals surface area contributed by atoms with Crippen LogP contribution < -0.4 is 0 Å². The third kappa shape index (κ3) is 4.13. The average Bonchev–Trinajstić information content (AvgIpc) is 2.57. The zero-order valence-corrected chi connectivity index (χ0v) is 14.2. The third-order valence-electron chi connectivity index (χ3n) is 4.12. The minimum atomic E-state index is -0.279. The van der Waals surface area contributed by atoms with Gasteiger partial charge in [-0.1, -0.05) is 35.9 Å². The van der Waals surface area contributed by atoms with E-state index in [0.29, 0.717) is 24.5 Å². The molecular formula is C19H19ClFNO2. The van der Waals surface area contributed by atoms with Gasteiger partial charge in [-0.3, -0.25) is 4.79 Å². The molecule has 2 unspecified atom stereocenters. The van der Waals surface area contributed by atoms with Crippen molar-refractivity contribution in [1.82, 2.24) is 4.90 Å². The number of morpholine rings is 1. The molecule has 1 amide bonds. The Bertz CT molecular complexity index is 702. The van der Waals surface area contributed by atoms with Gasteiger partial charge in [0.1, 0.15) is 11.9 Å². The molecule has 2 atom stereocenters.